The van der Waals surface area contributed by atoms with Crippen molar-refractivity contribution in [1.82, 2.24) is 0 Å². The molecule has 0 saturated carbocycles. The van der Waals surface area contributed by atoms with E-state index in [9.17, 15) is 14.7 Å². The summed E-state index contributed by atoms with van der Waals surface area (Å²) in [4.78, 5) is 23.8. The van der Waals surface area contributed by atoms with Crippen LogP contribution < -0.4 is 10.6 Å². The Morgan fingerprint density at radius 1 is 1.05 bits per heavy atom. The maximum absolute atomic E-state index is 11.9. The third kappa shape index (κ3) is 3.77. The molecule has 0 bridgehead atoms. The fourth-order valence-electron chi connectivity index (χ4n) is 1.92. The van der Waals surface area contributed by atoms with Crippen molar-refractivity contribution in [2.75, 3.05) is 10.6 Å². The van der Waals surface area contributed by atoms with Gasteiger partial charge in [-0.05, 0) is 36.2 Å². The molecule has 0 aromatic heterocycles. The van der Waals surface area contributed by atoms with Crippen molar-refractivity contribution in [2.24, 2.45) is 0 Å². The Balaban J connectivity index is 2.09. The third-order valence-corrected chi connectivity index (χ3v) is 3.29. The zero-order chi connectivity index (χ0) is 16.1. The maximum atomic E-state index is 11.9. The fourth-order valence-corrected chi connectivity index (χ4v) is 2.09. The minimum absolute atomic E-state index is 0.0800. The number of rotatable bonds is 3. The van der Waals surface area contributed by atoms with Gasteiger partial charge in [-0.15, -0.1) is 0 Å². The van der Waals surface area contributed by atoms with Crippen molar-refractivity contribution in [1.29, 1.82) is 0 Å². The SMILES string of the molecule is CCc1ccccc1NC(=O)C(=O)Nc1cc(Cl)ccc1O. The van der Waals surface area contributed by atoms with Gasteiger partial charge < -0.3 is 15.7 Å². The summed E-state index contributed by atoms with van der Waals surface area (Å²) in [5.74, 6) is -1.87. The minimum Gasteiger partial charge on any atom is -0.506 e. The molecule has 0 unspecified atom stereocenters. The molecule has 2 aromatic rings. The van der Waals surface area contributed by atoms with Crippen LogP contribution >= 0.6 is 11.6 Å². The Hall–Kier alpha value is -2.53. The number of amides is 2. The van der Waals surface area contributed by atoms with E-state index in [4.69, 9.17) is 11.6 Å². The van der Waals surface area contributed by atoms with Gasteiger partial charge in [0.25, 0.3) is 0 Å². The second-order valence-corrected chi connectivity index (χ2v) is 5.02. The molecule has 0 aliphatic heterocycles. The highest BCUT2D eigenvalue weighted by Gasteiger charge is 2.16. The Bertz CT molecular complexity index is 716. The van der Waals surface area contributed by atoms with Gasteiger partial charge in [0, 0.05) is 10.7 Å². The molecular formula is C16H15ClN2O3. The lowest BCUT2D eigenvalue weighted by Gasteiger charge is -2.10. The van der Waals surface area contributed by atoms with Crippen LogP contribution in [-0.2, 0) is 16.0 Å². The van der Waals surface area contributed by atoms with Gasteiger partial charge >= 0.3 is 11.8 Å². The minimum atomic E-state index is -0.886. The quantitative estimate of drug-likeness (QED) is 0.600. The molecule has 3 N–H and O–H groups in total. The highest BCUT2D eigenvalue weighted by atomic mass is 35.5. The molecule has 2 amide bonds. The van der Waals surface area contributed by atoms with Crippen molar-refractivity contribution in [3.8, 4) is 5.75 Å². The first-order valence-corrected chi connectivity index (χ1v) is 7.07. The predicted molar refractivity (Wildman–Crippen MR) is 86.2 cm³/mol. The number of halogens is 1. The normalized spacial score (nSPS) is 10.1. The molecule has 0 spiro atoms. The highest BCUT2D eigenvalue weighted by molar-refractivity contribution is 6.44. The lowest BCUT2D eigenvalue weighted by atomic mass is 10.1. The van der Waals surface area contributed by atoms with Crippen LogP contribution in [-0.4, -0.2) is 16.9 Å². The number of benzene rings is 2. The van der Waals surface area contributed by atoms with E-state index < -0.39 is 11.8 Å². The summed E-state index contributed by atoms with van der Waals surface area (Å²) in [6.45, 7) is 1.95. The van der Waals surface area contributed by atoms with E-state index in [1.165, 1.54) is 18.2 Å². The van der Waals surface area contributed by atoms with Crippen molar-refractivity contribution >= 4 is 34.8 Å². The molecule has 0 aliphatic rings. The Kier molecular flexibility index (Phi) is 5.01. The number of carbonyl (C=O) groups is 2. The summed E-state index contributed by atoms with van der Waals surface area (Å²) in [5.41, 5.74) is 1.59. The first kappa shape index (κ1) is 15.9. The lowest BCUT2D eigenvalue weighted by Crippen LogP contribution is -2.29. The number of hydrogen-bond donors (Lipinski definition) is 3. The van der Waals surface area contributed by atoms with Crippen molar-refractivity contribution in [2.45, 2.75) is 13.3 Å². The molecule has 0 heterocycles. The van der Waals surface area contributed by atoms with E-state index in [-0.39, 0.29) is 11.4 Å². The Morgan fingerprint density at radius 2 is 1.68 bits per heavy atom. The second-order valence-electron chi connectivity index (χ2n) is 4.58. The van der Waals surface area contributed by atoms with Crippen LogP contribution in [0.1, 0.15) is 12.5 Å². The smallest absolute Gasteiger partial charge is 0.314 e. The predicted octanol–water partition coefficient (Wildman–Crippen LogP) is 3.19. The first-order chi connectivity index (χ1) is 10.5. The summed E-state index contributed by atoms with van der Waals surface area (Å²) in [7, 11) is 0. The van der Waals surface area contributed by atoms with Crippen LogP contribution in [0, 0.1) is 0 Å². The monoisotopic (exact) mass is 318 g/mol. The molecule has 5 nitrogen and oxygen atoms in total. The van der Waals surface area contributed by atoms with E-state index >= 15 is 0 Å². The topological polar surface area (TPSA) is 78.4 Å². The fraction of sp³-hybridized carbons (Fsp3) is 0.125. The van der Waals surface area contributed by atoms with Crippen molar-refractivity contribution in [3.05, 3.63) is 53.1 Å². The van der Waals surface area contributed by atoms with Gasteiger partial charge in [0.15, 0.2) is 0 Å². The molecule has 0 saturated heterocycles. The van der Waals surface area contributed by atoms with Gasteiger partial charge in [0.05, 0.1) is 5.69 Å². The van der Waals surface area contributed by atoms with E-state index in [0.717, 1.165) is 12.0 Å². The van der Waals surface area contributed by atoms with Gasteiger partial charge in [-0.25, -0.2) is 0 Å². The average Bonchev–Trinajstić information content (AvgIpc) is 2.51. The number of phenolic OH excluding ortho intramolecular Hbond substituents is 1. The number of aromatic hydroxyl groups is 1. The van der Waals surface area contributed by atoms with Gasteiger partial charge in [-0.1, -0.05) is 36.7 Å². The summed E-state index contributed by atoms with van der Waals surface area (Å²) in [5, 5.41) is 14.8. The molecule has 2 rings (SSSR count). The molecule has 114 valence electrons. The van der Waals surface area contributed by atoms with E-state index in [2.05, 4.69) is 10.6 Å². The molecule has 22 heavy (non-hydrogen) atoms. The van der Waals surface area contributed by atoms with E-state index in [1.807, 2.05) is 19.1 Å². The summed E-state index contributed by atoms with van der Waals surface area (Å²) in [6.07, 6.45) is 0.729. The standard InChI is InChI=1S/C16H15ClN2O3/c1-2-10-5-3-4-6-12(10)18-15(21)16(22)19-13-9-11(17)7-8-14(13)20/h3-9,20H,2H2,1H3,(H,18,21)(H,19,22). The number of phenols is 1. The second kappa shape index (κ2) is 6.95. The van der Waals surface area contributed by atoms with Crippen LogP contribution in [0.25, 0.3) is 0 Å². The molecule has 0 fully saturated rings. The molecular weight excluding hydrogens is 304 g/mol. The van der Waals surface area contributed by atoms with Gasteiger partial charge in [0.1, 0.15) is 5.75 Å². The largest absolute Gasteiger partial charge is 0.506 e. The number of anilines is 2. The van der Waals surface area contributed by atoms with Gasteiger partial charge in [-0.3, -0.25) is 9.59 Å². The molecule has 0 radical (unpaired) electrons. The number of nitrogens with one attached hydrogen (secondary N) is 2. The van der Waals surface area contributed by atoms with Crippen LogP contribution in [0.15, 0.2) is 42.5 Å². The number of para-hydroxylation sites is 1. The van der Waals surface area contributed by atoms with E-state index in [0.29, 0.717) is 10.7 Å². The van der Waals surface area contributed by atoms with Crippen LogP contribution in [0.3, 0.4) is 0 Å². The molecule has 6 heteroatoms. The Morgan fingerprint density at radius 3 is 2.36 bits per heavy atom. The zero-order valence-electron chi connectivity index (χ0n) is 11.9. The Labute approximate surface area is 132 Å². The summed E-state index contributed by atoms with van der Waals surface area (Å²) < 4.78 is 0. The number of hydrogen-bond acceptors (Lipinski definition) is 3. The zero-order valence-corrected chi connectivity index (χ0v) is 12.6. The van der Waals surface area contributed by atoms with Gasteiger partial charge in [0.2, 0.25) is 0 Å². The molecule has 0 atom stereocenters. The van der Waals surface area contributed by atoms with Crippen molar-refractivity contribution in [3.63, 3.8) is 0 Å². The summed E-state index contributed by atoms with van der Waals surface area (Å²) >= 11 is 5.79. The lowest BCUT2D eigenvalue weighted by molar-refractivity contribution is -0.133. The van der Waals surface area contributed by atoms with E-state index in [1.54, 1.807) is 12.1 Å². The molecule has 0 aliphatic carbocycles. The van der Waals surface area contributed by atoms with Crippen LogP contribution in [0.4, 0.5) is 11.4 Å². The maximum Gasteiger partial charge on any atom is 0.314 e. The number of carbonyl (C=O) groups excluding carboxylic acids is 2. The van der Waals surface area contributed by atoms with Crippen LogP contribution in [0.2, 0.25) is 5.02 Å². The average molecular weight is 319 g/mol. The van der Waals surface area contributed by atoms with Crippen LogP contribution in [0.5, 0.6) is 5.75 Å². The number of aryl methyl sites for hydroxylation is 1. The first-order valence-electron chi connectivity index (χ1n) is 6.70. The highest BCUT2D eigenvalue weighted by Crippen LogP contribution is 2.26. The molecule has 2 aromatic carbocycles. The van der Waals surface area contributed by atoms with Gasteiger partial charge in [-0.2, -0.15) is 0 Å². The van der Waals surface area contributed by atoms with Crippen molar-refractivity contribution < 1.29 is 14.7 Å². The third-order valence-electron chi connectivity index (χ3n) is 3.06. The summed E-state index contributed by atoms with van der Waals surface area (Å²) in [6, 6.07) is 11.4.